The Balaban J connectivity index is 2.06. The first kappa shape index (κ1) is 7.85. The van der Waals surface area contributed by atoms with Crippen LogP contribution in [0.3, 0.4) is 0 Å². The molecule has 0 aromatic heterocycles. The molecule has 0 nitrogen and oxygen atoms in total. The highest BCUT2D eigenvalue weighted by Gasteiger charge is 2.39. The minimum absolute atomic E-state index is 0.857. The molecule has 1 aliphatic rings. The first-order chi connectivity index (χ1) is 5.79. The molecule has 0 bridgehead atoms. The maximum atomic E-state index is 2.33. The van der Waals surface area contributed by atoms with E-state index in [0.29, 0.717) is 0 Å². The minimum atomic E-state index is 0.857. The van der Waals surface area contributed by atoms with E-state index in [-0.39, 0.29) is 0 Å². The third-order valence-corrected chi connectivity index (χ3v) is 2.92. The largest absolute Gasteiger partial charge is 0.0625 e. The van der Waals surface area contributed by atoms with Crippen molar-refractivity contribution in [1.29, 1.82) is 0 Å². The summed E-state index contributed by atoms with van der Waals surface area (Å²) in [7, 11) is 0. The van der Waals surface area contributed by atoms with Gasteiger partial charge in [-0.3, -0.25) is 0 Å². The highest BCUT2D eigenvalue weighted by atomic mass is 14.4. The summed E-state index contributed by atoms with van der Waals surface area (Å²) in [5, 5.41) is 0. The van der Waals surface area contributed by atoms with Crippen LogP contribution in [0.4, 0.5) is 0 Å². The average molecular weight is 160 g/mol. The van der Waals surface area contributed by atoms with Gasteiger partial charge in [0.1, 0.15) is 0 Å². The van der Waals surface area contributed by atoms with Crippen LogP contribution >= 0.6 is 0 Å². The van der Waals surface area contributed by atoms with Crippen molar-refractivity contribution in [2.75, 3.05) is 0 Å². The summed E-state index contributed by atoms with van der Waals surface area (Å²) in [5.74, 6) is 2.67. The van der Waals surface area contributed by atoms with Gasteiger partial charge in [0.2, 0.25) is 0 Å². The molecule has 1 aliphatic carbocycles. The molecule has 0 spiro atoms. The van der Waals surface area contributed by atoms with Crippen molar-refractivity contribution in [2.45, 2.75) is 26.2 Å². The van der Waals surface area contributed by atoms with E-state index in [1.165, 1.54) is 12.0 Å². The molecular weight excluding hydrogens is 144 g/mol. The fourth-order valence-corrected chi connectivity index (χ4v) is 2.03. The number of hydrogen-bond acceptors (Lipinski definition) is 0. The fourth-order valence-electron chi connectivity index (χ4n) is 2.03. The minimum Gasteiger partial charge on any atom is -0.0625 e. The smallest absolute Gasteiger partial charge is 0.0128 e. The topological polar surface area (TPSA) is 0 Å². The van der Waals surface area contributed by atoms with Gasteiger partial charge < -0.3 is 0 Å². The van der Waals surface area contributed by atoms with E-state index in [9.17, 15) is 0 Å². The third kappa shape index (κ3) is 1.38. The molecule has 0 saturated heterocycles. The highest BCUT2D eigenvalue weighted by molar-refractivity contribution is 5.25. The summed E-state index contributed by atoms with van der Waals surface area (Å²) in [5.41, 5.74) is 1.54. The van der Waals surface area contributed by atoms with Crippen molar-refractivity contribution in [3.05, 3.63) is 35.9 Å². The van der Waals surface area contributed by atoms with Crippen molar-refractivity contribution in [1.82, 2.24) is 0 Å². The van der Waals surface area contributed by atoms with Gasteiger partial charge in [0.25, 0.3) is 0 Å². The second-order valence-corrected chi connectivity index (χ2v) is 4.16. The van der Waals surface area contributed by atoms with Crippen molar-refractivity contribution in [3.63, 3.8) is 0 Å². The van der Waals surface area contributed by atoms with E-state index in [1.807, 2.05) is 0 Å². The van der Waals surface area contributed by atoms with Gasteiger partial charge in [-0.15, -0.1) is 0 Å². The Hall–Kier alpha value is -0.780. The molecule has 0 amide bonds. The molecule has 0 N–H and O–H groups in total. The van der Waals surface area contributed by atoms with E-state index in [0.717, 1.165) is 17.8 Å². The predicted molar refractivity (Wildman–Crippen MR) is 52.1 cm³/mol. The average Bonchev–Trinajstić information content (AvgIpc) is 2.84. The number of hydrogen-bond donors (Lipinski definition) is 0. The summed E-state index contributed by atoms with van der Waals surface area (Å²) in [4.78, 5) is 0. The van der Waals surface area contributed by atoms with Gasteiger partial charge in [0.05, 0.1) is 0 Å². The van der Waals surface area contributed by atoms with Crippen LogP contribution in [0.5, 0.6) is 0 Å². The summed E-state index contributed by atoms with van der Waals surface area (Å²) < 4.78 is 0. The molecule has 1 aromatic rings. The van der Waals surface area contributed by atoms with Gasteiger partial charge in [0, 0.05) is 0 Å². The lowest BCUT2D eigenvalue weighted by atomic mass is 10.0. The highest BCUT2D eigenvalue weighted by Crippen LogP contribution is 2.51. The van der Waals surface area contributed by atoms with E-state index >= 15 is 0 Å². The van der Waals surface area contributed by atoms with Crippen LogP contribution in [0.25, 0.3) is 0 Å². The fraction of sp³-hybridized carbons (Fsp3) is 0.500. The molecular formula is C12H16. The molecule has 0 heterocycles. The molecule has 0 radical (unpaired) electrons. The molecule has 0 aliphatic heterocycles. The molecule has 0 unspecified atom stereocenters. The van der Waals surface area contributed by atoms with Crippen molar-refractivity contribution in [2.24, 2.45) is 11.8 Å². The van der Waals surface area contributed by atoms with Crippen molar-refractivity contribution >= 4 is 0 Å². The summed E-state index contributed by atoms with van der Waals surface area (Å²) in [6, 6.07) is 10.9. The molecule has 2 atom stereocenters. The van der Waals surface area contributed by atoms with Crippen LogP contribution in [-0.2, 0) is 0 Å². The maximum Gasteiger partial charge on any atom is -0.0128 e. The molecule has 64 valence electrons. The van der Waals surface area contributed by atoms with Crippen LogP contribution in [0, 0.1) is 11.8 Å². The van der Waals surface area contributed by atoms with Crippen LogP contribution in [-0.4, -0.2) is 0 Å². The summed E-state index contributed by atoms with van der Waals surface area (Å²) in [6.45, 7) is 4.65. The molecule has 1 aromatic carbocycles. The SMILES string of the molecule is CC(C)[C@@H]1C[C@H]1c1ccccc1. The quantitative estimate of drug-likeness (QED) is 0.621. The Kier molecular flexibility index (Phi) is 1.92. The van der Waals surface area contributed by atoms with Crippen LogP contribution in [0.2, 0.25) is 0 Å². The predicted octanol–water partition coefficient (Wildman–Crippen LogP) is 3.45. The van der Waals surface area contributed by atoms with Gasteiger partial charge >= 0.3 is 0 Å². The van der Waals surface area contributed by atoms with Crippen molar-refractivity contribution in [3.8, 4) is 0 Å². The zero-order valence-corrected chi connectivity index (χ0v) is 7.83. The molecule has 1 fully saturated rings. The first-order valence-corrected chi connectivity index (χ1v) is 4.84. The third-order valence-electron chi connectivity index (χ3n) is 2.92. The van der Waals surface area contributed by atoms with Gasteiger partial charge in [-0.2, -0.15) is 0 Å². The van der Waals surface area contributed by atoms with Crippen LogP contribution in [0.15, 0.2) is 30.3 Å². The van der Waals surface area contributed by atoms with Crippen molar-refractivity contribution < 1.29 is 0 Å². The zero-order valence-electron chi connectivity index (χ0n) is 7.83. The second-order valence-electron chi connectivity index (χ2n) is 4.16. The Labute approximate surface area is 74.6 Å². The second kappa shape index (κ2) is 2.93. The van der Waals surface area contributed by atoms with Crippen LogP contribution in [0.1, 0.15) is 31.7 Å². The number of benzene rings is 1. The first-order valence-electron chi connectivity index (χ1n) is 4.84. The summed E-state index contributed by atoms with van der Waals surface area (Å²) in [6.07, 6.45) is 1.40. The van der Waals surface area contributed by atoms with Gasteiger partial charge in [-0.25, -0.2) is 0 Å². The van der Waals surface area contributed by atoms with Crippen LogP contribution < -0.4 is 0 Å². The Bertz CT molecular complexity index is 248. The Morgan fingerprint density at radius 3 is 2.33 bits per heavy atom. The van der Waals surface area contributed by atoms with E-state index in [4.69, 9.17) is 0 Å². The van der Waals surface area contributed by atoms with E-state index in [1.54, 1.807) is 0 Å². The molecule has 0 heteroatoms. The Morgan fingerprint density at radius 2 is 1.83 bits per heavy atom. The van der Waals surface area contributed by atoms with E-state index < -0.39 is 0 Å². The Morgan fingerprint density at radius 1 is 1.17 bits per heavy atom. The lowest BCUT2D eigenvalue weighted by molar-refractivity contribution is 0.549. The molecule has 2 rings (SSSR count). The molecule has 1 saturated carbocycles. The zero-order chi connectivity index (χ0) is 8.55. The standard InChI is InChI=1S/C12H16/c1-9(2)11-8-12(11)10-6-4-3-5-7-10/h3-7,9,11-12H,8H2,1-2H3/t11-,12-/m0/s1. The maximum absolute atomic E-state index is 2.33. The van der Waals surface area contributed by atoms with Gasteiger partial charge in [0.15, 0.2) is 0 Å². The summed E-state index contributed by atoms with van der Waals surface area (Å²) >= 11 is 0. The monoisotopic (exact) mass is 160 g/mol. The number of rotatable bonds is 2. The lowest BCUT2D eigenvalue weighted by Crippen LogP contribution is -1.91. The normalized spacial score (nSPS) is 27.6. The molecule has 12 heavy (non-hydrogen) atoms. The van der Waals surface area contributed by atoms with Gasteiger partial charge in [-0.05, 0) is 29.7 Å². The van der Waals surface area contributed by atoms with Gasteiger partial charge in [-0.1, -0.05) is 44.2 Å². The lowest BCUT2D eigenvalue weighted by Gasteiger charge is -2.02. The van der Waals surface area contributed by atoms with E-state index in [2.05, 4.69) is 44.2 Å².